The molecule has 0 bridgehead atoms. The average Bonchev–Trinajstić information content (AvgIpc) is 2.04. The second-order valence-corrected chi connectivity index (χ2v) is 3.96. The van der Waals surface area contributed by atoms with Crippen molar-refractivity contribution in [1.29, 1.82) is 0 Å². The van der Waals surface area contributed by atoms with Gasteiger partial charge in [0, 0.05) is 10.3 Å². The first-order chi connectivity index (χ1) is 4.88. The van der Waals surface area contributed by atoms with E-state index in [2.05, 4.69) is 34.7 Å². The van der Waals surface area contributed by atoms with Crippen molar-refractivity contribution in [2.45, 2.75) is 12.8 Å². The Balaban J connectivity index is 2.45. The topological polar surface area (TPSA) is 0 Å². The Morgan fingerprint density at radius 1 is 1.30 bits per heavy atom. The molecule has 0 aromatic carbocycles. The van der Waals surface area contributed by atoms with E-state index in [1.165, 1.54) is 17.3 Å². The minimum atomic E-state index is 0.739. The number of allylic oxidation sites excluding steroid dienone is 2. The maximum Gasteiger partial charge on any atom is 0.0257 e. The van der Waals surface area contributed by atoms with Gasteiger partial charge in [0.05, 0.1) is 0 Å². The van der Waals surface area contributed by atoms with E-state index in [1.54, 1.807) is 0 Å². The van der Waals surface area contributed by atoms with Crippen molar-refractivity contribution in [2.75, 3.05) is 10.3 Å². The summed E-state index contributed by atoms with van der Waals surface area (Å²) in [6, 6.07) is 0. The lowest BCUT2D eigenvalue weighted by molar-refractivity contribution is 0.395. The largest absolute Gasteiger partial charge is 0.126 e. The molecular weight excluding hydrogens is 258 g/mol. The molecule has 1 aliphatic carbocycles. The van der Waals surface area contributed by atoms with Gasteiger partial charge in [0.25, 0.3) is 0 Å². The van der Waals surface area contributed by atoms with Crippen LogP contribution < -0.4 is 0 Å². The van der Waals surface area contributed by atoms with E-state index >= 15 is 0 Å². The van der Waals surface area contributed by atoms with Crippen LogP contribution >= 0.6 is 34.2 Å². The van der Waals surface area contributed by atoms with Crippen molar-refractivity contribution in [2.24, 2.45) is 11.8 Å². The fraction of sp³-hybridized carbons (Fsp3) is 0.750. The van der Waals surface area contributed by atoms with E-state index in [1.807, 2.05) is 0 Å². The number of hydrogen-bond acceptors (Lipinski definition) is 0. The van der Waals surface area contributed by atoms with Crippen LogP contribution in [0.15, 0.2) is 12.2 Å². The van der Waals surface area contributed by atoms with Gasteiger partial charge >= 0.3 is 0 Å². The molecule has 10 heavy (non-hydrogen) atoms. The summed E-state index contributed by atoms with van der Waals surface area (Å²) in [6.07, 6.45) is 6.97. The lowest BCUT2D eigenvalue weighted by Gasteiger charge is -2.24. The highest BCUT2D eigenvalue weighted by atomic mass is 127. The number of rotatable bonds is 2. The Bertz CT molecular complexity index is 108. The van der Waals surface area contributed by atoms with E-state index < -0.39 is 0 Å². The molecule has 0 N–H and O–H groups in total. The monoisotopic (exact) mass is 270 g/mol. The maximum absolute atomic E-state index is 5.82. The third-order valence-corrected chi connectivity index (χ3v) is 3.64. The predicted molar refractivity (Wildman–Crippen MR) is 55.0 cm³/mol. The molecule has 0 radical (unpaired) electrons. The van der Waals surface area contributed by atoms with Crippen molar-refractivity contribution >= 4 is 34.2 Å². The lowest BCUT2D eigenvalue weighted by Crippen LogP contribution is -2.19. The first kappa shape index (κ1) is 8.85. The molecule has 0 saturated carbocycles. The first-order valence-electron chi connectivity index (χ1n) is 3.65. The molecule has 1 rings (SSSR count). The van der Waals surface area contributed by atoms with Gasteiger partial charge in [-0.05, 0) is 24.7 Å². The van der Waals surface area contributed by atoms with Crippen molar-refractivity contribution in [3.63, 3.8) is 0 Å². The molecule has 0 aliphatic heterocycles. The lowest BCUT2D eigenvalue weighted by atomic mass is 9.86. The van der Waals surface area contributed by atoms with Crippen LogP contribution in [0.1, 0.15) is 12.8 Å². The van der Waals surface area contributed by atoms with Crippen LogP contribution in [-0.2, 0) is 0 Å². The molecule has 0 saturated heterocycles. The molecular formula is C8H12ClI. The predicted octanol–water partition coefficient (Wildman–Crippen LogP) is 3.24. The van der Waals surface area contributed by atoms with Gasteiger partial charge in [0.1, 0.15) is 0 Å². The second kappa shape index (κ2) is 4.60. The van der Waals surface area contributed by atoms with Gasteiger partial charge in [-0.1, -0.05) is 34.7 Å². The standard InChI is InChI=1S/C8H12ClI/c9-5-7-3-1-2-4-8(7)6-10/h1-2,7-8H,3-6H2. The van der Waals surface area contributed by atoms with Gasteiger partial charge in [0.15, 0.2) is 0 Å². The van der Waals surface area contributed by atoms with E-state index in [0.717, 1.165) is 17.7 Å². The zero-order chi connectivity index (χ0) is 7.40. The zero-order valence-corrected chi connectivity index (χ0v) is 8.81. The summed E-state index contributed by atoms with van der Waals surface area (Å²) in [5, 5.41) is 0. The summed E-state index contributed by atoms with van der Waals surface area (Å²) in [7, 11) is 0. The van der Waals surface area contributed by atoms with Crippen LogP contribution in [0.3, 0.4) is 0 Å². The summed E-state index contributed by atoms with van der Waals surface area (Å²) >= 11 is 8.27. The summed E-state index contributed by atoms with van der Waals surface area (Å²) in [5.74, 6) is 2.41. The highest BCUT2D eigenvalue weighted by Gasteiger charge is 2.19. The minimum Gasteiger partial charge on any atom is -0.126 e. The van der Waals surface area contributed by atoms with Gasteiger partial charge in [-0.2, -0.15) is 0 Å². The fourth-order valence-electron chi connectivity index (χ4n) is 1.30. The zero-order valence-electron chi connectivity index (χ0n) is 5.89. The van der Waals surface area contributed by atoms with Gasteiger partial charge in [-0.3, -0.25) is 0 Å². The molecule has 58 valence electrons. The van der Waals surface area contributed by atoms with E-state index in [9.17, 15) is 0 Å². The van der Waals surface area contributed by atoms with Crippen LogP contribution in [-0.4, -0.2) is 10.3 Å². The molecule has 0 amide bonds. The number of hydrogen-bond donors (Lipinski definition) is 0. The van der Waals surface area contributed by atoms with E-state index in [-0.39, 0.29) is 0 Å². The van der Waals surface area contributed by atoms with Gasteiger partial charge in [-0.25, -0.2) is 0 Å². The summed E-state index contributed by atoms with van der Waals surface area (Å²) < 4.78 is 1.25. The van der Waals surface area contributed by atoms with Crippen molar-refractivity contribution in [3.05, 3.63) is 12.2 Å². The Labute approximate surface area is 81.2 Å². The second-order valence-electron chi connectivity index (χ2n) is 2.77. The molecule has 1 aliphatic rings. The SMILES string of the molecule is ClCC1CC=CCC1CI. The Kier molecular flexibility index (Phi) is 4.07. The summed E-state index contributed by atoms with van der Waals surface area (Å²) in [6.45, 7) is 0. The first-order valence-corrected chi connectivity index (χ1v) is 5.71. The molecule has 0 nitrogen and oxygen atoms in total. The molecule has 0 spiro atoms. The molecule has 0 heterocycles. The minimum absolute atomic E-state index is 0.739. The van der Waals surface area contributed by atoms with Crippen LogP contribution in [0.25, 0.3) is 0 Å². The fourth-order valence-corrected chi connectivity index (χ4v) is 2.76. The van der Waals surface area contributed by atoms with Gasteiger partial charge in [0.2, 0.25) is 0 Å². The summed E-state index contributed by atoms with van der Waals surface area (Å²) in [4.78, 5) is 0. The average molecular weight is 271 g/mol. The van der Waals surface area contributed by atoms with Crippen molar-refractivity contribution in [3.8, 4) is 0 Å². The highest BCUT2D eigenvalue weighted by molar-refractivity contribution is 14.1. The quantitative estimate of drug-likeness (QED) is 0.410. The van der Waals surface area contributed by atoms with Crippen LogP contribution in [0.2, 0.25) is 0 Å². The van der Waals surface area contributed by atoms with E-state index in [4.69, 9.17) is 11.6 Å². The molecule has 0 aromatic heterocycles. The number of alkyl halides is 2. The van der Waals surface area contributed by atoms with E-state index in [0.29, 0.717) is 0 Å². The van der Waals surface area contributed by atoms with Crippen molar-refractivity contribution < 1.29 is 0 Å². The van der Waals surface area contributed by atoms with Gasteiger partial charge in [-0.15, -0.1) is 11.6 Å². The van der Waals surface area contributed by atoms with Crippen LogP contribution in [0, 0.1) is 11.8 Å². The smallest absolute Gasteiger partial charge is 0.0257 e. The molecule has 2 atom stereocenters. The molecule has 2 unspecified atom stereocenters. The highest BCUT2D eigenvalue weighted by Crippen LogP contribution is 2.27. The molecule has 0 fully saturated rings. The van der Waals surface area contributed by atoms with Crippen LogP contribution in [0.5, 0.6) is 0 Å². The maximum atomic E-state index is 5.82. The third kappa shape index (κ3) is 2.12. The third-order valence-electron chi connectivity index (χ3n) is 2.11. The Morgan fingerprint density at radius 2 is 1.90 bits per heavy atom. The molecule has 2 heteroatoms. The normalized spacial score (nSPS) is 32.6. The Hall–Kier alpha value is 0.760. The summed E-state index contributed by atoms with van der Waals surface area (Å²) in [5.41, 5.74) is 0. The molecule has 0 aromatic rings. The Morgan fingerprint density at radius 3 is 2.30 bits per heavy atom. The van der Waals surface area contributed by atoms with Gasteiger partial charge < -0.3 is 0 Å². The van der Waals surface area contributed by atoms with Crippen LogP contribution in [0.4, 0.5) is 0 Å². The van der Waals surface area contributed by atoms with Crippen molar-refractivity contribution in [1.82, 2.24) is 0 Å². The number of halogens is 2.